The normalized spacial score (nSPS) is 22.3. The summed E-state index contributed by atoms with van der Waals surface area (Å²) in [4.78, 5) is 11.0. The minimum Gasteiger partial charge on any atom is -0.443 e. The van der Waals surface area contributed by atoms with Gasteiger partial charge in [-0.3, -0.25) is 0 Å². The quantitative estimate of drug-likeness (QED) is 0.857. The topological polar surface area (TPSA) is 38.3 Å². The van der Waals surface area contributed by atoms with Crippen molar-refractivity contribution in [2.24, 2.45) is 0 Å². The highest BCUT2D eigenvalue weighted by atomic mass is 35.5. The average molecular weight is 280 g/mol. The molecule has 1 saturated heterocycles. The first-order valence-corrected chi connectivity index (χ1v) is 5.46. The van der Waals surface area contributed by atoms with Crippen molar-refractivity contribution in [2.45, 2.75) is 18.9 Å². The number of carbonyl (C=O) groups is 1. The molecule has 0 aliphatic carbocycles. The van der Waals surface area contributed by atoms with Crippen LogP contribution in [0.3, 0.4) is 0 Å². The van der Waals surface area contributed by atoms with Gasteiger partial charge in [0, 0.05) is 5.56 Å². The molecule has 18 heavy (non-hydrogen) atoms. The van der Waals surface area contributed by atoms with Crippen LogP contribution in [-0.4, -0.2) is 18.6 Å². The van der Waals surface area contributed by atoms with Crippen LogP contribution in [0.15, 0.2) is 12.1 Å². The average Bonchev–Trinajstić information content (AvgIpc) is 2.29. The maximum Gasteiger partial charge on any atom is 0.408 e. The third-order valence-electron chi connectivity index (χ3n) is 2.69. The van der Waals surface area contributed by atoms with Crippen molar-refractivity contribution in [2.75, 3.05) is 6.61 Å². The van der Waals surface area contributed by atoms with Gasteiger partial charge in [-0.2, -0.15) is 0 Å². The Balaban J connectivity index is 2.52. The van der Waals surface area contributed by atoms with Crippen molar-refractivity contribution in [1.82, 2.24) is 5.32 Å². The molecule has 1 aromatic carbocycles. The van der Waals surface area contributed by atoms with E-state index in [0.29, 0.717) is 5.56 Å². The first kappa shape index (κ1) is 13.0. The molecule has 0 radical (unpaired) electrons. The van der Waals surface area contributed by atoms with E-state index < -0.39 is 36.0 Å². The van der Waals surface area contributed by atoms with Crippen molar-refractivity contribution < 1.29 is 22.7 Å². The lowest BCUT2D eigenvalue weighted by Crippen LogP contribution is -2.50. The molecule has 1 atom stereocenters. The molecule has 7 heteroatoms. The predicted octanol–water partition coefficient (Wildman–Crippen LogP) is 3.20. The van der Waals surface area contributed by atoms with Crippen LogP contribution in [0.4, 0.5) is 18.0 Å². The second-order valence-corrected chi connectivity index (χ2v) is 4.38. The maximum atomic E-state index is 13.7. The summed E-state index contributed by atoms with van der Waals surface area (Å²) in [5.74, 6) is -4.32. The zero-order chi connectivity index (χ0) is 13.5. The van der Waals surface area contributed by atoms with Gasteiger partial charge in [-0.05, 0) is 18.6 Å². The number of cyclic esters (lactones) is 1. The van der Waals surface area contributed by atoms with E-state index in [2.05, 4.69) is 4.74 Å². The summed E-state index contributed by atoms with van der Waals surface area (Å²) in [6, 6.07) is 0.584. The summed E-state index contributed by atoms with van der Waals surface area (Å²) >= 11 is 5.84. The van der Waals surface area contributed by atoms with Gasteiger partial charge >= 0.3 is 12.0 Å². The van der Waals surface area contributed by atoms with E-state index in [0.717, 1.165) is 6.07 Å². The number of alkyl carbamates (subject to hydrolysis) is 1. The van der Waals surface area contributed by atoms with Gasteiger partial charge in [0.15, 0.2) is 6.61 Å². The number of carbonyl (C=O) groups excluding carboxylic acids is 1. The summed E-state index contributed by atoms with van der Waals surface area (Å²) < 4.78 is 45.2. The Morgan fingerprint density at radius 2 is 2.17 bits per heavy atom. The molecule has 0 bridgehead atoms. The molecule has 1 aromatic rings. The second kappa shape index (κ2) is 4.35. The molecule has 1 aliphatic heterocycles. The summed E-state index contributed by atoms with van der Waals surface area (Å²) in [7, 11) is 0. The molecule has 1 N–H and O–H groups in total. The Labute approximate surface area is 106 Å². The number of hydrogen-bond donors (Lipinski definition) is 1. The molecular weight excluding hydrogens is 271 g/mol. The number of halogens is 4. The molecule has 98 valence electrons. The highest BCUT2D eigenvalue weighted by Gasteiger charge is 2.48. The van der Waals surface area contributed by atoms with Gasteiger partial charge in [-0.25, -0.2) is 18.0 Å². The number of aryl methyl sites for hydroxylation is 1. The Morgan fingerprint density at radius 1 is 1.50 bits per heavy atom. The van der Waals surface area contributed by atoms with E-state index in [9.17, 15) is 18.0 Å². The number of hydrogen-bond acceptors (Lipinski definition) is 2. The third kappa shape index (κ3) is 2.12. The number of benzene rings is 1. The number of rotatable bonds is 1. The fraction of sp³-hybridized carbons (Fsp3) is 0.364. The van der Waals surface area contributed by atoms with Crippen molar-refractivity contribution >= 4 is 17.7 Å². The van der Waals surface area contributed by atoms with Gasteiger partial charge in [-0.15, -0.1) is 0 Å². The molecule has 2 rings (SSSR count). The van der Waals surface area contributed by atoms with E-state index in [1.807, 2.05) is 5.32 Å². The molecule has 1 heterocycles. The standard InChI is InChI=1S/C11H9ClF3NO2/c1-5-2-3-6(13)7(8(5)12)9-11(14,15)4-18-10(17)16-9/h2-3,9H,4H2,1H3,(H,16,17)/t9-/m0/s1. The minimum atomic E-state index is -3.42. The lowest BCUT2D eigenvalue weighted by atomic mass is 9.97. The van der Waals surface area contributed by atoms with Gasteiger partial charge in [0.25, 0.3) is 0 Å². The van der Waals surface area contributed by atoms with Crippen molar-refractivity contribution in [3.05, 3.63) is 34.1 Å². The second-order valence-electron chi connectivity index (χ2n) is 4.01. The van der Waals surface area contributed by atoms with Gasteiger partial charge in [0.1, 0.15) is 11.9 Å². The van der Waals surface area contributed by atoms with Crippen molar-refractivity contribution in [3.8, 4) is 0 Å². The molecule has 0 unspecified atom stereocenters. The number of alkyl halides is 2. The first-order valence-electron chi connectivity index (χ1n) is 5.08. The lowest BCUT2D eigenvalue weighted by molar-refractivity contribution is -0.104. The Bertz CT molecular complexity index is 507. The molecule has 0 aromatic heterocycles. The maximum absolute atomic E-state index is 13.7. The summed E-state index contributed by atoms with van der Waals surface area (Å²) in [6.07, 6.45) is -1.03. The number of nitrogens with one attached hydrogen (secondary N) is 1. The Hall–Kier alpha value is -1.43. The van der Waals surface area contributed by atoms with Crippen LogP contribution >= 0.6 is 11.6 Å². The van der Waals surface area contributed by atoms with Crippen LogP contribution in [-0.2, 0) is 4.74 Å². The Morgan fingerprint density at radius 3 is 2.83 bits per heavy atom. The lowest BCUT2D eigenvalue weighted by Gasteiger charge is -2.32. The van der Waals surface area contributed by atoms with Crippen LogP contribution in [0.2, 0.25) is 5.02 Å². The number of ether oxygens (including phenoxy) is 1. The summed E-state index contributed by atoms with van der Waals surface area (Å²) in [5.41, 5.74) is 0.0305. The van der Waals surface area contributed by atoms with Crippen LogP contribution < -0.4 is 5.32 Å². The molecular formula is C11H9ClF3NO2. The largest absolute Gasteiger partial charge is 0.443 e. The molecule has 3 nitrogen and oxygen atoms in total. The van der Waals surface area contributed by atoms with Crippen LogP contribution in [0, 0.1) is 12.7 Å². The molecule has 1 amide bonds. The highest BCUT2D eigenvalue weighted by Crippen LogP contribution is 2.39. The summed E-state index contributed by atoms with van der Waals surface area (Å²) in [5, 5.41) is 1.77. The smallest absolute Gasteiger partial charge is 0.408 e. The fourth-order valence-corrected chi connectivity index (χ4v) is 2.00. The first-order chi connectivity index (χ1) is 8.33. The van der Waals surface area contributed by atoms with Crippen LogP contribution in [0.25, 0.3) is 0 Å². The minimum absolute atomic E-state index is 0.123. The van der Waals surface area contributed by atoms with Gasteiger partial charge < -0.3 is 10.1 Å². The molecule has 0 saturated carbocycles. The van der Waals surface area contributed by atoms with Gasteiger partial charge in [0.2, 0.25) is 0 Å². The predicted molar refractivity (Wildman–Crippen MR) is 58.3 cm³/mol. The van der Waals surface area contributed by atoms with Crippen molar-refractivity contribution in [1.29, 1.82) is 0 Å². The number of amides is 1. The van der Waals surface area contributed by atoms with E-state index in [1.165, 1.54) is 6.07 Å². The highest BCUT2D eigenvalue weighted by molar-refractivity contribution is 6.32. The van der Waals surface area contributed by atoms with E-state index >= 15 is 0 Å². The van der Waals surface area contributed by atoms with Crippen LogP contribution in [0.1, 0.15) is 17.2 Å². The van der Waals surface area contributed by atoms with Crippen LogP contribution in [0.5, 0.6) is 0 Å². The molecule has 1 aliphatic rings. The SMILES string of the molecule is Cc1ccc(F)c([C@@H]2NC(=O)OCC2(F)F)c1Cl. The van der Waals surface area contributed by atoms with E-state index in [1.54, 1.807) is 6.92 Å². The third-order valence-corrected chi connectivity index (χ3v) is 3.19. The van der Waals surface area contributed by atoms with Gasteiger partial charge in [-0.1, -0.05) is 17.7 Å². The molecule has 0 spiro atoms. The van der Waals surface area contributed by atoms with E-state index in [-0.39, 0.29) is 5.02 Å². The van der Waals surface area contributed by atoms with Gasteiger partial charge in [0.05, 0.1) is 5.02 Å². The zero-order valence-corrected chi connectivity index (χ0v) is 10.0. The monoisotopic (exact) mass is 279 g/mol. The van der Waals surface area contributed by atoms with E-state index in [4.69, 9.17) is 11.6 Å². The summed E-state index contributed by atoms with van der Waals surface area (Å²) in [6.45, 7) is 0.456. The Kier molecular flexibility index (Phi) is 3.14. The molecule has 1 fully saturated rings. The fourth-order valence-electron chi connectivity index (χ4n) is 1.74. The van der Waals surface area contributed by atoms with Crippen molar-refractivity contribution in [3.63, 3.8) is 0 Å². The zero-order valence-electron chi connectivity index (χ0n) is 9.27.